The van der Waals surface area contributed by atoms with Crippen molar-refractivity contribution in [2.45, 2.75) is 13.0 Å². The predicted octanol–water partition coefficient (Wildman–Crippen LogP) is 1.61. The molecule has 0 atom stereocenters. The fourth-order valence-corrected chi connectivity index (χ4v) is 2.01. The van der Waals surface area contributed by atoms with Gasteiger partial charge < -0.3 is 9.52 Å². The molecule has 3 rings (SSSR count). The second-order valence-electron chi connectivity index (χ2n) is 4.46. The number of hydrogen-bond donors (Lipinski definition) is 1. The maximum absolute atomic E-state index is 10.9. The van der Waals surface area contributed by atoms with Crippen LogP contribution < -0.4 is 0 Å². The Balaban J connectivity index is 1.82. The van der Waals surface area contributed by atoms with Gasteiger partial charge in [-0.1, -0.05) is 24.3 Å². The summed E-state index contributed by atoms with van der Waals surface area (Å²) in [5.41, 5.74) is 1.59. The molecule has 7 heteroatoms. The van der Waals surface area contributed by atoms with Gasteiger partial charge in [0.2, 0.25) is 5.82 Å². The lowest BCUT2D eigenvalue weighted by atomic mass is 10.1. The lowest BCUT2D eigenvalue weighted by Crippen LogP contribution is -2.09. The van der Waals surface area contributed by atoms with E-state index in [0.717, 1.165) is 11.1 Å². The molecule has 0 radical (unpaired) electrons. The van der Waals surface area contributed by atoms with Crippen LogP contribution in [0.25, 0.3) is 11.6 Å². The molecule has 0 amide bonds. The van der Waals surface area contributed by atoms with Crippen LogP contribution in [0.15, 0.2) is 47.1 Å². The second-order valence-corrected chi connectivity index (χ2v) is 4.46. The van der Waals surface area contributed by atoms with Crippen molar-refractivity contribution >= 4 is 5.97 Å². The molecule has 1 aromatic carbocycles. The second kappa shape index (κ2) is 5.58. The monoisotopic (exact) mass is 284 g/mol. The molecule has 0 unspecified atom stereocenters. The Morgan fingerprint density at radius 3 is 2.71 bits per heavy atom. The number of tetrazole rings is 1. The van der Waals surface area contributed by atoms with Gasteiger partial charge in [-0.2, -0.15) is 4.80 Å². The van der Waals surface area contributed by atoms with Crippen LogP contribution in [0.2, 0.25) is 0 Å². The van der Waals surface area contributed by atoms with E-state index in [-0.39, 0.29) is 6.42 Å². The van der Waals surface area contributed by atoms with Gasteiger partial charge in [-0.05, 0) is 28.5 Å². The Hall–Kier alpha value is -2.96. The maximum atomic E-state index is 10.9. The molecule has 2 aromatic heterocycles. The van der Waals surface area contributed by atoms with E-state index in [1.54, 1.807) is 18.2 Å². The van der Waals surface area contributed by atoms with E-state index < -0.39 is 5.97 Å². The zero-order valence-corrected chi connectivity index (χ0v) is 11.0. The summed E-state index contributed by atoms with van der Waals surface area (Å²) < 4.78 is 5.20. The Kier molecular flexibility index (Phi) is 3.46. The van der Waals surface area contributed by atoms with Crippen LogP contribution in [0.5, 0.6) is 0 Å². The van der Waals surface area contributed by atoms with Crippen LogP contribution in [0.3, 0.4) is 0 Å². The Morgan fingerprint density at radius 1 is 1.19 bits per heavy atom. The molecule has 0 aliphatic heterocycles. The van der Waals surface area contributed by atoms with Crippen molar-refractivity contribution in [2.24, 2.45) is 0 Å². The largest absolute Gasteiger partial charge is 0.481 e. The SMILES string of the molecule is O=C(O)Cc1ccccc1Cn1nnc(-c2ccco2)n1. The van der Waals surface area contributed by atoms with E-state index in [4.69, 9.17) is 9.52 Å². The average molecular weight is 284 g/mol. The zero-order chi connectivity index (χ0) is 14.7. The molecule has 0 saturated heterocycles. The van der Waals surface area contributed by atoms with Gasteiger partial charge in [-0.15, -0.1) is 10.2 Å². The lowest BCUT2D eigenvalue weighted by Gasteiger charge is -2.06. The molecule has 7 nitrogen and oxygen atoms in total. The summed E-state index contributed by atoms with van der Waals surface area (Å²) in [5, 5.41) is 21.0. The fourth-order valence-electron chi connectivity index (χ4n) is 2.01. The molecule has 0 saturated carbocycles. The molecular weight excluding hydrogens is 272 g/mol. The number of carboxylic acids is 1. The summed E-state index contributed by atoms with van der Waals surface area (Å²) in [6, 6.07) is 10.8. The first-order valence-electron chi connectivity index (χ1n) is 6.32. The highest BCUT2D eigenvalue weighted by atomic mass is 16.4. The van der Waals surface area contributed by atoms with Crippen molar-refractivity contribution in [3.05, 3.63) is 53.8 Å². The van der Waals surface area contributed by atoms with E-state index in [1.807, 2.05) is 18.2 Å². The number of furan rings is 1. The summed E-state index contributed by atoms with van der Waals surface area (Å²) in [6.45, 7) is 0.358. The Bertz CT molecular complexity index is 749. The van der Waals surface area contributed by atoms with Gasteiger partial charge in [0.1, 0.15) is 0 Å². The molecule has 0 fully saturated rings. The summed E-state index contributed by atoms with van der Waals surface area (Å²) in [5.74, 6) is 0.0704. The molecule has 0 aliphatic rings. The Morgan fingerprint density at radius 2 is 2.00 bits per heavy atom. The molecule has 0 spiro atoms. The van der Waals surface area contributed by atoms with E-state index in [9.17, 15) is 4.79 Å². The van der Waals surface area contributed by atoms with Crippen molar-refractivity contribution < 1.29 is 14.3 Å². The highest BCUT2D eigenvalue weighted by molar-refractivity contribution is 5.70. The third-order valence-corrected chi connectivity index (χ3v) is 2.97. The minimum Gasteiger partial charge on any atom is -0.481 e. The van der Waals surface area contributed by atoms with Gasteiger partial charge in [0.25, 0.3) is 0 Å². The van der Waals surface area contributed by atoms with E-state index in [2.05, 4.69) is 15.4 Å². The molecule has 106 valence electrons. The highest BCUT2D eigenvalue weighted by Crippen LogP contribution is 2.14. The van der Waals surface area contributed by atoms with Crippen LogP contribution in [0, 0.1) is 0 Å². The van der Waals surface area contributed by atoms with Crippen LogP contribution in [0.4, 0.5) is 0 Å². The third-order valence-electron chi connectivity index (χ3n) is 2.97. The molecule has 0 bridgehead atoms. The maximum Gasteiger partial charge on any atom is 0.307 e. The van der Waals surface area contributed by atoms with E-state index in [1.165, 1.54) is 11.1 Å². The summed E-state index contributed by atoms with van der Waals surface area (Å²) in [6.07, 6.45) is 1.51. The molecule has 3 aromatic rings. The van der Waals surface area contributed by atoms with Crippen molar-refractivity contribution in [3.63, 3.8) is 0 Å². The van der Waals surface area contributed by atoms with Gasteiger partial charge in [-0.3, -0.25) is 4.79 Å². The first kappa shape index (κ1) is 13.0. The van der Waals surface area contributed by atoms with Crippen LogP contribution >= 0.6 is 0 Å². The lowest BCUT2D eigenvalue weighted by molar-refractivity contribution is -0.136. The zero-order valence-electron chi connectivity index (χ0n) is 11.0. The number of carboxylic acid groups (broad SMARTS) is 1. The van der Waals surface area contributed by atoms with Gasteiger partial charge in [-0.25, -0.2) is 0 Å². The smallest absolute Gasteiger partial charge is 0.307 e. The first-order valence-corrected chi connectivity index (χ1v) is 6.32. The normalized spacial score (nSPS) is 10.7. The van der Waals surface area contributed by atoms with Crippen molar-refractivity contribution in [1.82, 2.24) is 20.2 Å². The van der Waals surface area contributed by atoms with Gasteiger partial charge in [0.15, 0.2) is 5.76 Å². The molecule has 2 heterocycles. The highest BCUT2D eigenvalue weighted by Gasteiger charge is 2.11. The summed E-state index contributed by atoms with van der Waals surface area (Å²) in [4.78, 5) is 12.3. The Labute approximate surface area is 119 Å². The predicted molar refractivity (Wildman–Crippen MR) is 72.4 cm³/mol. The van der Waals surface area contributed by atoms with Crippen molar-refractivity contribution in [2.75, 3.05) is 0 Å². The van der Waals surface area contributed by atoms with Crippen LogP contribution in [-0.4, -0.2) is 31.3 Å². The van der Waals surface area contributed by atoms with Crippen molar-refractivity contribution in [3.8, 4) is 11.6 Å². The summed E-state index contributed by atoms with van der Waals surface area (Å²) in [7, 11) is 0. The first-order chi connectivity index (χ1) is 10.2. The van der Waals surface area contributed by atoms with Crippen LogP contribution in [0.1, 0.15) is 11.1 Å². The molecule has 1 N–H and O–H groups in total. The number of benzene rings is 1. The van der Waals surface area contributed by atoms with Crippen LogP contribution in [-0.2, 0) is 17.8 Å². The number of hydrogen-bond acceptors (Lipinski definition) is 5. The van der Waals surface area contributed by atoms with E-state index >= 15 is 0 Å². The van der Waals surface area contributed by atoms with Crippen molar-refractivity contribution in [1.29, 1.82) is 0 Å². The standard InChI is InChI=1S/C14H12N4O3/c19-13(20)8-10-4-1-2-5-11(10)9-18-16-14(15-17-18)12-6-3-7-21-12/h1-7H,8-9H2,(H,19,20). The molecule has 0 aliphatic carbocycles. The van der Waals surface area contributed by atoms with E-state index in [0.29, 0.717) is 18.1 Å². The minimum absolute atomic E-state index is 0.0318. The van der Waals surface area contributed by atoms with Gasteiger partial charge in [0, 0.05) is 0 Å². The number of nitrogens with zero attached hydrogens (tertiary/aromatic N) is 4. The number of aromatic nitrogens is 4. The number of aliphatic carboxylic acids is 1. The number of rotatable bonds is 5. The topological polar surface area (TPSA) is 94.0 Å². The van der Waals surface area contributed by atoms with Gasteiger partial charge in [0.05, 0.1) is 19.2 Å². The third kappa shape index (κ3) is 2.97. The average Bonchev–Trinajstić information content (AvgIpc) is 3.11. The molecular formula is C14H12N4O3. The number of carbonyl (C=O) groups is 1. The van der Waals surface area contributed by atoms with Gasteiger partial charge >= 0.3 is 5.97 Å². The summed E-state index contributed by atoms with van der Waals surface area (Å²) >= 11 is 0. The minimum atomic E-state index is -0.870. The fraction of sp³-hybridized carbons (Fsp3) is 0.143. The molecule has 21 heavy (non-hydrogen) atoms. The quantitative estimate of drug-likeness (QED) is 0.765.